The van der Waals surface area contributed by atoms with Gasteiger partial charge in [0.15, 0.2) is 0 Å². The van der Waals surface area contributed by atoms with Gasteiger partial charge in [-0.15, -0.1) is 0 Å². The van der Waals surface area contributed by atoms with Gasteiger partial charge in [0.1, 0.15) is 5.65 Å². The summed E-state index contributed by atoms with van der Waals surface area (Å²) >= 11 is 0. The van der Waals surface area contributed by atoms with Crippen molar-refractivity contribution in [2.24, 2.45) is 11.8 Å². The number of aromatic nitrogens is 2. The Morgan fingerprint density at radius 1 is 1.46 bits per heavy atom. The molecule has 0 radical (unpaired) electrons. The molecule has 0 unspecified atom stereocenters. The highest BCUT2D eigenvalue weighted by atomic mass is 16.2. The fourth-order valence-corrected chi connectivity index (χ4v) is 3.52. The number of rotatable bonds is 4. The number of pyridine rings is 1. The second-order valence-electron chi connectivity index (χ2n) is 7.37. The summed E-state index contributed by atoms with van der Waals surface area (Å²) in [4.78, 5) is 18.7. The average molecular weight is 328 g/mol. The zero-order chi connectivity index (χ0) is 17.3. The van der Waals surface area contributed by atoms with Crippen LogP contribution in [-0.2, 0) is 11.3 Å². The summed E-state index contributed by atoms with van der Waals surface area (Å²) in [5, 5.41) is 3.67. The molecule has 2 aromatic rings. The van der Waals surface area contributed by atoms with Crippen LogP contribution in [0.4, 0.5) is 0 Å². The first kappa shape index (κ1) is 17.0. The summed E-state index contributed by atoms with van der Waals surface area (Å²) in [5.41, 5.74) is 3.40. The van der Waals surface area contributed by atoms with E-state index >= 15 is 0 Å². The lowest BCUT2D eigenvalue weighted by molar-refractivity contribution is -0.136. The van der Waals surface area contributed by atoms with Crippen molar-refractivity contribution < 1.29 is 4.79 Å². The Kier molecular flexibility index (Phi) is 4.90. The van der Waals surface area contributed by atoms with E-state index in [1.165, 1.54) is 11.3 Å². The van der Waals surface area contributed by atoms with Gasteiger partial charge in [0.2, 0.25) is 5.91 Å². The van der Waals surface area contributed by atoms with E-state index in [4.69, 9.17) is 0 Å². The minimum Gasteiger partial charge on any atom is -0.342 e. The Bertz CT molecular complexity index is 721. The first-order chi connectivity index (χ1) is 11.5. The maximum atomic E-state index is 12.2. The van der Waals surface area contributed by atoms with E-state index in [1.807, 2.05) is 24.9 Å². The van der Waals surface area contributed by atoms with Crippen LogP contribution in [0.5, 0.6) is 0 Å². The molecule has 3 heterocycles. The van der Waals surface area contributed by atoms with Gasteiger partial charge in [-0.2, -0.15) is 0 Å². The van der Waals surface area contributed by atoms with Crippen molar-refractivity contribution >= 4 is 11.6 Å². The molecular weight excluding hydrogens is 300 g/mol. The first-order valence-corrected chi connectivity index (χ1v) is 8.90. The van der Waals surface area contributed by atoms with Gasteiger partial charge in [-0.25, -0.2) is 4.98 Å². The number of aryl methyl sites for hydroxylation is 1. The van der Waals surface area contributed by atoms with Crippen molar-refractivity contribution in [2.75, 3.05) is 13.1 Å². The number of carbonyl (C=O) groups excluding carboxylic acids is 1. The third-order valence-corrected chi connectivity index (χ3v) is 5.00. The molecule has 1 saturated heterocycles. The normalized spacial score (nSPS) is 21.6. The lowest BCUT2D eigenvalue weighted by Gasteiger charge is -2.38. The van der Waals surface area contributed by atoms with Crippen LogP contribution in [0.25, 0.3) is 5.65 Å². The Balaban J connectivity index is 1.60. The highest BCUT2D eigenvalue weighted by Gasteiger charge is 2.29. The van der Waals surface area contributed by atoms with Crippen molar-refractivity contribution in [1.82, 2.24) is 19.6 Å². The van der Waals surface area contributed by atoms with Crippen LogP contribution in [0.15, 0.2) is 24.5 Å². The maximum absolute atomic E-state index is 12.2. The van der Waals surface area contributed by atoms with Crippen LogP contribution in [0.3, 0.4) is 0 Å². The maximum Gasteiger partial charge on any atom is 0.225 e. The van der Waals surface area contributed by atoms with Crippen molar-refractivity contribution in [3.05, 3.63) is 35.8 Å². The fraction of sp³-hybridized carbons (Fsp3) is 0.579. The predicted octanol–water partition coefficient (Wildman–Crippen LogP) is 2.63. The minimum atomic E-state index is 0.0864. The summed E-state index contributed by atoms with van der Waals surface area (Å²) in [5.74, 6) is 0.823. The number of piperidine rings is 1. The second kappa shape index (κ2) is 6.93. The van der Waals surface area contributed by atoms with Gasteiger partial charge in [0.05, 0.1) is 11.9 Å². The van der Waals surface area contributed by atoms with Crippen molar-refractivity contribution in [2.45, 2.75) is 46.7 Å². The Hall–Kier alpha value is -1.88. The first-order valence-electron chi connectivity index (χ1n) is 8.90. The molecule has 5 nitrogen and oxygen atoms in total. The number of imidazole rings is 1. The minimum absolute atomic E-state index is 0.0864. The molecule has 0 spiro atoms. The SMILES string of the molecule is Cc1ccn2c(CN[C@@H]3CCN(C(=O)C(C)C)C[C@H]3C)cnc2c1. The van der Waals surface area contributed by atoms with E-state index in [0.717, 1.165) is 31.7 Å². The molecule has 2 aromatic heterocycles. The molecule has 0 aliphatic carbocycles. The quantitative estimate of drug-likeness (QED) is 0.938. The van der Waals surface area contributed by atoms with E-state index < -0.39 is 0 Å². The summed E-state index contributed by atoms with van der Waals surface area (Å²) in [7, 11) is 0. The molecule has 0 saturated carbocycles. The van der Waals surface area contributed by atoms with Gasteiger partial charge >= 0.3 is 0 Å². The molecular formula is C19H28N4O. The number of nitrogens with one attached hydrogen (secondary N) is 1. The van der Waals surface area contributed by atoms with Gasteiger partial charge in [-0.1, -0.05) is 20.8 Å². The topological polar surface area (TPSA) is 49.6 Å². The molecule has 5 heteroatoms. The molecule has 2 atom stereocenters. The van der Waals surface area contributed by atoms with E-state index in [1.54, 1.807) is 0 Å². The molecule has 1 N–H and O–H groups in total. The highest BCUT2D eigenvalue weighted by molar-refractivity contribution is 5.78. The van der Waals surface area contributed by atoms with E-state index in [9.17, 15) is 4.79 Å². The molecule has 3 rings (SSSR count). The van der Waals surface area contributed by atoms with Crippen molar-refractivity contribution in [1.29, 1.82) is 0 Å². The zero-order valence-corrected chi connectivity index (χ0v) is 15.1. The Labute approximate surface area is 144 Å². The molecule has 1 fully saturated rings. The van der Waals surface area contributed by atoms with Crippen LogP contribution < -0.4 is 5.32 Å². The lowest BCUT2D eigenvalue weighted by Crippen LogP contribution is -2.50. The van der Waals surface area contributed by atoms with E-state index in [2.05, 4.69) is 46.9 Å². The highest BCUT2D eigenvalue weighted by Crippen LogP contribution is 2.19. The molecule has 1 aliphatic heterocycles. The number of fused-ring (bicyclic) bond motifs is 1. The number of likely N-dealkylation sites (tertiary alicyclic amines) is 1. The van der Waals surface area contributed by atoms with Crippen LogP contribution in [-0.4, -0.2) is 39.3 Å². The molecule has 0 bridgehead atoms. The third-order valence-electron chi connectivity index (χ3n) is 5.00. The summed E-state index contributed by atoms with van der Waals surface area (Å²) in [6, 6.07) is 4.65. The molecule has 0 aromatic carbocycles. The van der Waals surface area contributed by atoms with Crippen LogP contribution in [0.1, 0.15) is 38.4 Å². The largest absolute Gasteiger partial charge is 0.342 e. The summed E-state index contributed by atoms with van der Waals surface area (Å²) in [6.45, 7) is 10.8. The summed E-state index contributed by atoms with van der Waals surface area (Å²) in [6.07, 6.45) is 5.04. The second-order valence-corrected chi connectivity index (χ2v) is 7.37. The van der Waals surface area contributed by atoms with Crippen LogP contribution >= 0.6 is 0 Å². The fourth-order valence-electron chi connectivity index (χ4n) is 3.52. The average Bonchev–Trinajstić information content (AvgIpc) is 2.95. The molecule has 24 heavy (non-hydrogen) atoms. The van der Waals surface area contributed by atoms with Crippen LogP contribution in [0, 0.1) is 18.8 Å². The smallest absolute Gasteiger partial charge is 0.225 e. The monoisotopic (exact) mass is 328 g/mol. The van der Waals surface area contributed by atoms with Gasteiger partial charge in [0, 0.05) is 37.8 Å². The number of carbonyl (C=O) groups is 1. The van der Waals surface area contributed by atoms with Gasteiger partial charge < -0.3 is 14.6 Å². The third kappa shape index (κ3) is 3.46. The van der Waals surface area contributed by atoms with Crippen molar-refractivity contribution in [3.8, 4) is 0 Å². The van der Waals surface area contributed by atoms with E-state index in [-0.39, 0.29) is 11.8 Å². The number of hydrogen-bond donors (Lipinski definition) is 1. The van der Waals surface area contributed by atoms with Crippen molar-refractivity contribution in [3.63, 3.8) is 0 Å². The van der Waals surface area contributed by atoms with Crippen LogP contribution in [0.2, 0.25) is 0 Å². The Morgan fingerprint density at radius 3 is 2.96 bits per heavy atom. The summed E-state index contributed by atoms with van der Waals surface area (Å²) < 4.78 is 2.14. The van der Waals surface area contributed by atoms with Gasteiger partial charge in [-0.3, -0.25) is 4.79 Å². The molecule has 130 valence electrons. The zero-order valence-electron chi connectivity index (χ0n) is 15.1. The van der Waals surface area contributed by atoms with Gasteiger partial charge in [0.25, 0.3) is 0 Å². The Morgan fingerprint density at radius 2 is 2.25 bits per heavy atom. The number of nitrogens with zero attached hydrogens (tertiary/aromatic N) is 3. The molecule has 1 aliphatic rings. The van der Waals surface area contributed by atoms with Gasteiger partial charge in [-0.05, 0) is 37.0 Å². The number of hydrogen-bond acceptors (Lipinski definition) is 3. The molecule has 1 amide bonds. The number of amides is 1. The lowest BCUT2D eigenvalue weighted by atomic mass is 9.93. The standard InChI is InChI=1S/C19H28N4O/c1-13(2)19(24)22-7-6-17(15(4)12-22)20-10-16-11-21-18-9-14(3)5-8-23(16)18/h5,8-9,11,13,15,17,20H,6-7,10,12H2,1-4H3/t15-,17-/m1/s1. The predicted molar refractivity (Wildman–Crippen MR) is 95.8 cm³/mol. The van der Waals surface area contributed by atoms with E-state index in [0.29, 0.717) is 12.0 Å².